The Morgan fingerprint density at radius 3 is 2.38 bits per heavy atom. The van der Waals surface area contributed by atoms with E-state index in [1.54, 1.807) is 7.11 Å². The van der Waals surface area contributed by atoms with Gasteiger partial charge in [-0.2, -0.15) is 13.2 Å². The third kappa shape index (κ3) is 5.97. The van der Waals surface area contributed by atoms with Gasteiger partial charge < -0.3 is 25.3 Å². The van der Waals surface area contributed by atoms with Gasteiger partial charge in [0.05, 0.1) is 6.10 Å². The lowest BCUT2D eigenvalue weighted by Crippen LogP contribution is -2.48. The zero-order valence-corrected chi connectivity index (χ0v) is 13.7. The summed E-state index contributed by atoms with van der Waals surface area (Å²) in [6.45, 7) is 2.70. The summed E-state index contributed by atoms with van der Waals surface area (Å²) >= 11 is 0. The molecule has 9 heteroatoms. The topological polar surface area (TPSA) is 93.1 Å². The highest BCUT2D eigenvalue weighted by Gasteiger charge is 2.34. The summed E-state index contributed by atoms with van der Waals surface area (Å²) in [5.74, 6) is -0.677. The molecule has 1 fully saturated rings. The monoisotopic (exact) mass is 349 g/mol. The minimum atomic E-state index is -4.42. The van der Waals surface area contributed by atoms with Crippen LogP contribution in [0.15, 0.2) is 12.1 Å². The first-order chi connectivity index (χ1) is 11.2. The maximum Gasteiger partial charge on any atom is 0.433 e. The molecule has 0 aromatic carbocycles. The van der Waals surface area contributed by atoms with E-state index in [4.69, 9.17) is 14.6 Å². The van der Waals surface area contributed by atoms with Gasteiger partial charge in [0.15, 0.2) is 0 Å². The van der Waals surface area contributed by atoms with Gasteiger partial charge in [0, 0.05) is 31.7 Å². The molecule has 6 nitrogen and oxygen atoms in total. The predicted molar refractivity (Wildman–Crippen MR) is 78.8 cm³/mol. The number of quaternary nitrogens is 1. The van der Waals surface area contributed by atoms with Gasteiger partial charge in [0.1, 0.15) is 18.1 Å². The Balaban J connectivity index is 0.000000648. The molecule has 1 saturated heterocycles. The summed E-state index contributed by atoms with van der Waals surface area (Å²) in [6, 6.07) is 2.49. The largest absolute Gasteiger partial charge is 0.550 e. The standard InChI is InChI=1S/C13H18F3N3O.C2H4O2/c1-20-10-4-6-19(7-5-10)12-9(8-17)2-3-11(18-12)13(14,15)16;1-2(3)4/h2-3,10H,4-8,17H2,1H3;1H3,(H,3,4). The number of anilines is 1. The molecule has 136 valence electrons. The highest BCUT2D eigenvalue weighted by atomic mass is 19.4. The Morgan fingerprint density at radius 2 is 1.96 bits per heavy atom. The summed E-state index contributed by atoms with van der Waals surface area (Å²) in [6.07, 6.45) is -2.64. The van der Waals surface area contributed by atoms with Crippen LogP contribution in [-0.4, -0.2) is 37.3 Å². The van der Waals surface area contributed by atoms with E-state index in [1.807, 2.05) is 4.90 Å². The Kier molecular flexibility index (Phi) is 7.43. The number of hydrogen-bond donors (Lipinski definition) is 1. The first kappa shape index (κ1) is 20.2. The molecule has 0 amide bonds. The normalized spacial score (nSPS) is 15.7. The zero-order chi connectivity index (χ0) is 18.3. The summed E-state index contributed by atoms with van der Waals surface area (Å²) in [4.78, 5) is 14.6. The van der Waals surface area contributed by atoms with Crippen LogP contribution in [0.25, 0.3) is 0 Å². The van der Waals surface area contributed by atoms with E-state index in [0.29, 0.717) is 25.5 Å². The highest BCUT2D eigenvalue weighted by molar-refractivity contribution is 5.60. The van der Waals surface area contributed by atoms with Crippen molar-refractivity contribution in [1.82, 2.24) is 4.98 Å². The van der Waals surface area contributed by atoms with Crippen LogP contribution in [0.1, 0.15) is 31.0 Å². The van der Waals surface area contributed by atoms with Gasteiger partial charge >= 0.3 is 6.18 Å². The molecule has 0 saturated carbocycles. The number of methoxy groups -OCH3 is 1. The number of carboxylic acids is 1. The van der Waals surface area contributed by atoms with Gasteiger partial charge in [0.2, 0.25) is 0 Å². The first-order valence-electron chi connectivity index (χ1n) is 7.50. The number of aliphatic carboxylic acids is 1. The Hall–Kier alpha value is -1.87. The average molecular weight is 349 g/mol. The molecule has 0 radical (unpaired) electrons. The fourth-order valence-electron chi connectivity index (χ4n) is 2.41. The maximum absolute atomic E-state index is 12.8. The minimum Gasteiger partial charge on any atom is -0.550 e. The van der Waals surface area contributed by atoms with E-state index in [1.165, 1.54) is 6.07 Å². The summed E-state index contributed by atoms with van der Waals surface area (Å²) < 4.78 is 43.6. The number of nitrogens with zero attached hydrogens (tertiary/aromatic N) is 2. The lowest BCUT2D eigenvalue weighted by Gasteiger charge is -2.33. The number of piperidine rings is 1. The predicted octanol–water partition coefficient (Wildman–Crippen LogP) is 0.214. The van der Waals surface area contributed by atoms with Crippen LogP contribution < -0.4 is 15.7 Å². The van der Waals surface area contributed by atoms with Crippen molar-refractivity contribution in [2.24, 2.45) is 0 Å². The summed E-state index contributed by atoms with van der Waals surface area (Å²) in [5, 5.41) is 8.89. The third-order valence-electron chi connectivity index (χ3n) is 3.59. The lowest BCUT2D eigenvalue weighted by atomic mass is 10.1. The van der Waals surface area contributed by atoms with Crippen LogP contribution in [0.2, 0.25) is 0 Å². The van der Waals surface area contributed by atoms with Crippen molar-refractivity contribution in [3.63, 3.8) is 0 Å². The SMILES string of the molecule is CC(=O)[O-].COC1CCN(c2nc(C(F)(F)F)ccc2C[NH3+])CC1. The van der Waals surface area contributed by atoms with E-state index in [0.717, 1.165) is 31.4 Å². The minimum absolute atomic E-state index is 0.181. The lowest BCUT2D eigenvalue weighted by molar-refractivity contribution is -0.386. The smallest absolute Gasteiger partial charge is 0.433 e. The quantitative estimate of drug-likeness (QED) is 0.842. The number of rotatable bonds is 3. The fraction of sp³-hybridized carbons (Fsp3) is 0.600. The van der Waals surface area contributed by atoms with Crippen molar-refractivity contribution in [3.05, 3.63) is 23.4 Å². The molecule has 1 aliphatic rings. The van der Waals surface area contributed by atoms with Crippen molar-refractivity contribution in [2.45, 2.75) is 38.6 Å². The number of alkyl halides is 3. The zero-order valence-electron chi connectivity index (χ0n) is 13.7. The number of carbonyl (C=O) groups excluding carboxylic acids is 1. The van der Waals surface area contributed by atoms with E-state index in [2.05, 4.69) is 10.7 Å². The van der Waals surface area contributed by atoms with Crippen molar-refractivity contribution in [1.29, 1.82) is 0 Å². The van der Waals surface area contributed by atoms with Crippen LogP contribution in [0, 0.1) is 0 Å². The number of pyridine rings is 1. The molecular formula is C15H22F3N3O3. The number of carbonyl (C=O) groups is 1. The number of carboxylic acid groups (broad SMARTS) is 1. The Bertz CT molecular complexity index is 541. The van der Waals surface area contributed by atoms with E-state index >= 15 is 0 Å². The van der Waals surface area contributed by atoms with Gasteiger partial charge in [-0.1, -0.05) is 0 Å². The molecule has 2 heterocycles. The fourth-order valence-corrected chi connectivity index (χ4v) is 2.41. The molecule has 1 aromatic heterocycles. The van der Waals surface area contributed by atoms with E-state index in [9.17, 15) is 13.2 Å². The van der Waals surface area contributed by atoms with Crippen molar-refractivity contribution >= 4 is 11.8 Å². The molecular weight excluding hydrogens is 327 g/mol. The van der Waals surface area contributed by atoms with Gasteiger partial charge in [-0.25, -0.2) is 4.98 Å². The average Bonchev–Trinajstić information content (AvgIpc) is 2.53. The van der Waals surface area contributed by atoms with Crippen molar-refractivity contribution < 1.29 is 33.5 Å². The number of ether oxygens (including phenoxy) is 1. The number of halogens is 3. The second-order valence-electron chi connectivity index (χ2n) is 5.34. The molecule has 3 N–H and O–H groups in total. The molecule has 1 aliphatic heterocycles. The van der Waals surface area contributed by atoms with Gasteiger partial charge in [-0.3, -0.25) is 0 Å². The van der Waals surface area contributed by atoms with E-state index < -0.39 is 17.8 Å². The van der Waals surface area contributed by atoms with Crippen LogP contribution in [0.4, 0.5) is 19.0 Å². The second kappa shape index (κ2) is 8.84. The van der Waals surface area contributed by atoms with Crippen LogP contribution >= 0.6 is 0 Å². The maximum atomic E-state index is 12.8. The number of aromatic nitrogens is 1. The molecule has 0 aliphatic carbocycles. The van der Waals surface area contributed by atoms with Gasteiger partial charge in [-0.15, -0.1) is 0 Å². The molecule has 0 bridgehead atoms. The summed E-state index contributed by atoms with van der Waals surface area (Å²) in [5.41, 5.74) is 3.66. The van der Waals surface area contributed by atoms with Crippen LogP contribution in [0.5, 0.6) is 0 Å². The van der Waals surface area contributed by atoms with Crippen LogP contribution in [-0.2, 0) is 22.3 Å². The molecule has 0 unspecified atom stereocenters. The molecule has 0 atom stereocenters. The van der Waals surface area contributed by atoms with Crippen LogP contribution in [0.3, 0.4) is 0 Å². The van der Waals surface area contributed by atoms with Crippen molar-refractivity contribution in [3.8, 4) is 0 Å². The van der Waals surface area contributed by atoms with Gasteiger partial charge in [0.25, 0.3) is 0 Å². The van der Waals surface area contributed by atoms with Crippen molar-refractivity contribution in [2.75, 3.05) is 25.1 Å². The molecule has 1 aromatic rings. The summed E-state index contributed by atoms with van der Waals surface area (Å²) in [7, 11) is 1.66. The van der Waals surface area contributed by atoms with E-state index in [-0.39, 0.29) is 6.10 Å². The molecule has 2 rings (SSSR count). The molecule has 24 heavy (non-hydrogen) atoms. The number of hydrogen-bond acceptors (Lipinski definition) is 5. The van der Waals surface area contributed by atoms with Gasteiger partial charge in [-0.05, 0) is 31.9 Å². The third-order valence-corrected chi connectivity index (χ3v) is 3.59. The Labute approximate surface area is 138 Å². The highest BCUT2D eigenvalue weighted by Crippen LogP contribution is 2.31. The Morgan fingerprint density at radius 1 is 1.42 bits per heavy atom. The molecule has 0 spiro atoms. The first-order valence-corrected chi connectivity index (χ1v) is 7.50. The second-order valence-corrected chi connectivity index (χ2v) is 5.34.